The first-order valence-electron chi connectivity index (χ1n) is 6.46. The van der Waals surface area contributed by atoms with Gasteiger partial charge in [0.15, 0.2) is 11.5 Å². The van der Waals surface area contributed by atoms with Gasteiger partial charge in [-0.25, -0.2) is 4.98 Å². The summed E-state index contributed by atoms with van der Waals surface area (Å²) in [5.41, 5.74) is 5.24. The van der Waals surface area contributed by atoms with E-state index in [9.17, 15) is 9.59 Å². The monoisotopic (exact) mass is 291 g/mol. The number of nitrogens with zero attached hydrogens (tertiary/aromatic N) is 3. The number of nitrogens with one attached hydrogen (secondary N) is 3. The fourth-order valence-corrected chi connectivity index (χ4v) is 1.65. The molecule has 1 atom stereocenters. The first-order valence-corrected chi connectivity index (χ1v) is 6.46. The predicted octanol–water partition coefficient (Wildman–Crippen LogP) is 0.241. The van der Waals surface area contributed by atoms with Crippen LogP contribution in [-0.4, -0.2) is 37.2 Å². The van der Waals surface area contributed by atoms with Crippen molar-refractivity contribution in [2.45, 2.75) is 32.7 Å². The Kier molecular flexibility index (Phi) is 4.01. The highest BCUT2D eigenvalue weighted by molar-refractivity contribution is 5.97. The normalized spacial score (nSPS) is 12.4. The smallest absolute Gasteiger partial charge is 0.269 e. The van der Waals surface area contributed by atoms with E-state index in [-0.39, 0.29) is 23.3 Å². The largest absolute Gasteiger partial charge is 0.364 e. The lowest BCUT2D eigenvalue weighted by atomic mass is 10.2. The number of carbonyl (C=O) groups excluding carboxylic acids is 2. The average molecular weight is 291 g/mol. The van der Waals surface area contributed by atoms with E-state index in [1.54, 1.807) is 6.92 Å². The molecule has 5 N–H and O–H groups in total. The summed E-state index contributed by atoms with van der Waals surface area (Å²) in [6, 6.07) is 0.933. The van der Waals surface area contributed by atoms with E-state index in [4.69, 9.17) is 5.73 Å². The second-order valence-electron chi connectivity index (χ2n) is 4.96. The van der Waals surface area contributed by atoms with Crippen LogP contribution in [0.15, 0.2) is 6.07 Å². The molecule has 0 aromatic carbocycles. The summed E-state index contributed by atoms with van der Waals surface area (Å²) >= 11 is 0. The van der Waals surface area contributed by atoms with Gasteiger partial charge >= 0.3 is 0 Å². The summed E-state index contributed by atoms with van der Waals surface area (Å²) in [5.74, 6) is 0.328. The van der Waals surface area contributed by atoms with Crippen LogP contribution in [0.25, 0.3) is 0 Å². The minimum atomic E-state index is -0.699. The Morgan fingerprint density at radius 3 is 2.48 bits per heavy atom. The number of amides is 2. The van der Waals surface area contributed by atoms with Crippen molar-refractivity contribution in [3.8, 4) is 0 Å². The Bertz CT molecular complexity index is 658. The SMILES string of the molecule is CC(C)c1n[nH]c(C(C)NC(=O)c2cc(C(N)=O)n[nH]2)n1. The molecule has 1 unspecified atom stereocenters. The van der Waals surface area contributed by atoms with Crippen LogP contribution >= 0.6 is 0 Å². The minimum absolute atomic E-state index is 0.00885. The summed E-state index contributed by atoms with van der Waals surface area (Å²) in [6.07, 6.45) is 0. The van der Waals surface area contributed by atoms with Crippen molar-refractivity contribution in [2.75, 3.05) is 0 Å². The molecule has 2 amide bonds. The summed E-state index contributed by atoms with van der Waals surface area (Å²) in [6.45, 7) is 5.73. The Balaban J connectivity index is 2.05. The maximum Gasteiger partial charge on any atom is 0.269 e. The van der Waals surface area contributed by atoms with Gasteiger partial charge in [0.1, 0.15) is 11.5 Å². The molecule has 9 nitrogen and oxygen atoms in total. The Morgan fingerprint density at radius 2 is 1.95 bits per heavy atom. The summed E-state index contributed by atoms with van der Waals surface area (Å²) < 4.78 is 0. The van der Waals surface area contributed by atoms with Crippen LogP contribution in [0, 0.1) is 0 Å². The van der Waals surface area contributed by atoms with Crippen LogP contribution in [0.4, 0.5) is 0 Å². The zero-order valence-electron chi connectivity index (χ0n) is 12.0. The van der Waals surface area contributed by atoms with Crippen LogP contribution in [0.3, 0.4) is 0 Å². The fraction of sp³-hybridized carbons (Fsp3) is 0.417. The van der Waals surface area contributed by atoms with Gasteiger partial charge < -0.3 is 11.1 Å². The van der Waals surface area contributed by atoms with E-state index < -0.39 is 11.8 Å². The molecule has 9 heteroatoms. The van der Waals surface area contributed by atoms with Crippen molar-refractivity contribution in [3.63, 3.8) is 0 Å². The molecule has 21 heavy (non-hydrogen) atoms. The molecule has 0 fully saturated rings. The third-order valence-corrected chi connectivity index (χ3v) is 2.87. The van der Waals surface area contributed by atoms with Crippen molar-refractivity contribution in [1.82, 2.24) is 30.7 Å². The highest BCUT2D eigenvalue weighted by Crippen LogP contribution is 2.12. The van der Waals surface area contributed by atoms with Gasteiger partial charge in [0.2, 0.25) is 0 Å². The molecule has 0 saturated heterocycles. The number of primary amides is 1. The molecule has 0 aliphatic heterocycles. The second kappa shape index (κ2) is 5.73. The highest BCUT2D eigenvalue weighted by Gasteiger charge is 2.18. The van der Waals surface area contributed by atoms with Crippen LogP contribution < -0.4 is 11.1 Å². The molecule has 0 spiro atoms. The number of aromatic amines is 2. The predicted molar refractivity (Wildman–Crippen MR) is 73.5 cm³/mol. The standard InChI is InChI=1S/C12H17N7O2/c1-5(2)10-15-11(19-18-10)6(3)14-12(21)8-4-7(9(13)20)16-17-8/h4-6H,1-3H3,(H2,13,20)(H,14,21)(H,16,17)(H,15,18,19). The van der Waals surface area contributed by atoms with E-state index in [1.165, 1.54) is 6.07 Å². The Labute approximate surface area is 120 Å². The van der Waals surface area contributed by atoms with Crippen LogP contribution in [0.5, 0.6) is 0 Å². The molecule has 0 aliphatic carbocycles. The molecule has 2 heterocycles. The number of H-pyrrole nitrogens is 2. The summed E-state index contributed by atoms with van der Waals surface area (Å²) in [7, 11) is 0. The topological polar surface area (TPSA) is 142 Å². The number of carbonyl (C=O) groups is 2. The maximum absolute atomic E-state index is 12.0. The Hall–Kier alpha value is -2.71. The van der Waals surface area contributed by atoms with Gasteiger partial charge in [0, 0.05) is 12.0 Å². The first-order chi connectivity index (χ1) is 9.88. The van der Waals surface area contributed by atoms with Gasteiger partial charge in [0.25, 0.3) is 11.8 Å². The Morgan fingerprint density at radius 1 is 1.24 bits per heavy atom. The molecular weight excluding hydrogens is 274 g/mol. The zero-order valence-corrected chi connectivity index (χ0v) is 12.0. The fourth-order valence-electron chi connectivity index (χ4n) is 1.65. The van der Waals surface area contributed by atoms with Crippen LogP contribution in [0.1, 0.15) is 65.4 Å². The molecule has 0 saturated carbocycles. The molecule has 2 rings (SSSR count). The van der Waals surface area contributed by atoms with Crippen LogP contribution in [0.2, 0.25) is 0 Å². The number of hydrogen-bond acceptors (Lipinski definition) is 5. The number of rotatable bonds is 5. The van der Waals surface area contributed by atoms with Crippen LogP contribution in [-0.2, 0) is 0 Å². The van der Waals surface area contributed by atoms with Crippen molar-refractivity contribution in [3.05, 3.63) is 29.1 Å². The third-order valence-electron chi connectivity index (χ3n) is 2.87. The quantitative estimate of drug-likeness (QED) is 0.624. The van der Waals surface area contributed by atoms with E-state index in [0.717, 1.165) is 0 Å². The third kappa shape index (κ3) is 3.25. The summed E-state index contributed by atoms with van der Waals surface area (Å²) in [5, 5.41) is 15.7. The lowest BCUT2D eigenvalue weighted by Crippen LogP contribution is -2.27. The van der Waals surface area contributed by atoms with Crippen molar-refractivity contribution >= 4 is 11.8 Å². The van der Waals surface area contributed by atoms with Crippen molar-refractivity contribution in [1.29, 1.82) is 0 Å². The average Bonchev–Trinajstić information content (AvgIpc) is 3.08. The number of aromatic nitrogens is 5. The molecule has 0 aliphatic rings. The van der Waals surface area contributed by atoms with E-state index in [0.29, 0.717) is 11.6 Å². The van der Waals surface area contributed by atoms with Gasteiger partial charge in [0.05, 0.1) is 6.04 Å². The number of nitrogens with two attached hydrogens (primary N) is 1. The van der Waals surface area contributed by atoms with Gasteiger partial charge in [-0.3, -0.25) is 19.8 Å². The van der Waals surface area contributed by atoms with E-state index >= 15 is 0 Å². The summed E-state index contributed by atoms with van der Waals surface area (Å²) in [4.78, 5) is 27.2. The van der Waals surface area contributed by atoms with Gasteiger partial charge in [-0.2, -0.15) is 10.2 Å². The molecule has 0 radical (unpaired) electrons. The van der Waals surface area contributed by atoms with Crippen molar-refractivity contribution < 1.29 is 9.59 Å². The first kappa shape index (κ1) is 14.7. The van der Waals surface area contributed by atoms with Crippen molar-refractivity contribution in [2.24, 2.45) is 5.73 Å². The van der Waals surface area contributed by atoms with Gasteiger partial charge in [-0.1, -0.05) is 13.8 Å². The molecule has 0 bridgehead atoms. The zero-order chi connectivity index (χ0) is 15.6. The molecule has 2 aromatic heterocycles. The molecule has 112 valence electrons. The highest BCUT2D eigenvalue weighted by atomic mass is 16.2. The molecule has 2 aromatic rings. The number of hydrogen-bond donors (Lipinski definition) is 4. The van der Waals surface area contributed by atoms with E-state index in [1.807, 2.05) is 13.8 Å². The molecular formula is C12H17N7O2. The van der Waals surface area contributed by atoms with Gasteiger partial charge in [-0.15, -0.1) is 0 Å². The lowest BCUT2D eigenvalue weighted by molar-refractivity contribution is 0.0932. The second-order valence-corrected chi connectivity index (χ2v) is 4.96. The van der Waals surface area contributed by atoms with Gasteiger partial charge in [-0.05, 0) is 6.92 Å². The lowest BCUT2D eigenvalue weighted by Gasteiger charge is -2.09. The minimum Gasteiger partial charge on any atom is -0.364 e. The van der Waals surface area contributed by atoms with E-state index in [2.05, 4.69) is 30.7 Å². The maximum atomic E-state index is 12.0.